The second-order valence-electron chi connectivity index (χ2n) is 6.19. The molecule has 0 unspecified atom stereocenters. The number of aromatic nitrogens is 2. The monoisotopic (exact) mass is 309 g/mol. The highest BCUT2D eigenvalue weighted by molar-refractivity contribution is 8.00. The Morgan fingerprint density at radius 3 is 3.19 bits per heavy atom. The molecule has 0 saturated carbocycles. The lowest BCUT2D eigenvalue weighted by Crippen LogP contribution is -2.40. The van der Waals surface area contributed by atoms with Gasteiger partial charge in [-0.3, -0.25) is 9.48 Å². The molecule has 1 aromatic heterocycles. The van der Waals surface area contributed by atoms with Crippen LogP contribution in [0.15, 0.2) is 12.3 Å². The average molecular weight is 309 g/mol. The first-order valence-corrected chi connectivity index (χ1v) is 8.59. The first-order valence-electron chi connectivity index (χ1n) is 7.60. The molecule has 3 atom stereocenters. The zero-order chi connectivity index (χ0) is 14.9. The largest absolute Gasteiger partial charge is 0.371 e. The average Bonchev–Trinajstić information content (AvgIpc) is 3.17. The van der Waals surface area contributed by atoms with E-state index in [0.717, 1.165) is 18.7 Å². The Kier molecular flexibility index (Phi) is 4.26. The van der Waals surface area contributed by atoms with Crippen LogP contribution in [-0.2, 0) is 16.6 Å². The first-order chi connectivity index (χ1) is 10.1. The fraction of sp³-hybridized carbons (Fsp3) is 0.733. The summed E-state index contributed by atoms with van der Waals surface area (Å²) in [6, 6.07) is 1.93. The maximum atomic E-state index is 12.5. The fourth-order valence-electron chi connectivity index (χ4n) is 3.19. The summed E-state index contributed by atoms with van der Waals surface area (Å²) in [6.07, 6.45) is 4.81. The molecule has 0 aliphatic carbocycles. The predicted octanol–water partition coefficient (Wildman–Crippen LogP) is 1.90. The molecule has 0 aromatic carbocycles. The second kappa shape index (κ2) is 6.01. The third-order valence-electron chi connectivity index (χ3n) is 4.52. The van der Waals surface area contributed by atoms with Crippen LogP contribution in [0.25, 0.3) is 0 Å². The molecule has 6 heteroatoms. The summed E-state index contributed by atoms with van der Waals surface area (Å²) < 4.78 is 7.78. The van der Waals surface area contributed by atoms with E-state index in [4.69, 9.17) is 4.74 Å². The maximum Gasteiger partial charge on any atom is 0.226 e. The highest BCUT2D eigenvalue weighted by atomic mass is 32.2. The van der Waals surface area contributed by atoms with Crippen LogP contribution < -0.4 is 5.32 Å². The van der Waals surface area contributed by atoms with Gasteiger partial charge in [-0.05, 0) is 38.0 Å². The number of nitrogens with one attached hydrogen (secondary N) is 1. The molecule has 2 fully saturated rings. The van der Waals surface area contributed by atoms with Gasteiger partial charge in [0.1, 0.15) is 6.10 Å². The Balaban J connectivity index is 1.62. The molecule has 1 amide bonds. The zero-order valence-corrected chi connectivity index (χ0v) is 13.5. The van der Waals surface area contributed by atoms with Crippen LogP contribution in [0.3, 0.4) is 0 Å². The lowest BCUT2D eigenvalue weighted by atomic mass is 9.97. The normalized spacial score (nSPS) is 32.5. The van der Waals surface area contributed by atoms with Gasteiger partial charge in [0.05, 0.1) is 11.6 Å². The molecule has 0 radical (unpaired) electrons. The van der Waals surface area contributed by atoms with Gasteiger partial charge in [-0.25, -0.2) is 0 Å². The summed E-state index contributed by atoms with van der Waals surface area (Å²) in [5.74, 6) is 1.22. The number of nitrogens with zero attached hydrogens (tertiary/aromatic N) is 2. The van der Waals surface area contributed by atoms with Crippen molar-refractivity contribution in [3.8, 4) is 0 Å². The van der Waals surface area contributed by atoms with Crippen LogP contribution in [0.4, 0.5) is 0 Å². The number of amides is 1. The number of carbonyl (C=O) groups excluding carboxylic acids is 1. The van der Waals surface area contributed by atoms with Crippen molar-refractivity contribution in [2.75, 3.05) is 18.9 Å². The first kappa shape index (κ1) is 14.9. The van der Waals surface area contributed by atoms with Crippen LogP contribution in [-0.4, -0.2) is 39.3 Å². The highest BCUT2D eigenvalue weighted by Crippen LogP contribution is 2.38. The van der Waals surface area contributed by atoms with Crippen molar-refractivity contribution < 1.29 is 9.53 Å². The van der Waals surface area contributed by atoms with Crippen molar-refractivity contribution in [2.24, 2.45) is 13.0 Å². The van der Waals surface area contributed by atoms with Gasteiger partial charge in [-0.2, -0.15) is 16.9 Å². The molecule has 3 rings (SSSR count). The summed E-state index contributed by atoms with van der Waals surface area (Å²) in [4.78, 5) is 12.5. The van der Waals surface area contributed by atoms with Crippen LogP contribution in [0, 0.1) is 5.92 Å². The molecule has 21 heavy (non-hydrogen) atoms. The number of carbonyl (C=O) groups is 1. The zero-order valence-electron chi connectivity index (χ0n) is 12.7. The minimum Gasteiger partial charge on any atom is -0.371 e. The summed E-state index contributed by atoms with van der Waals surface area (Å²) in [6.45, 7) is 3.64. The highest BCUT2D eigenvalue weighted by Gasteiger charge is 2.38. The molecular weight excluding hydrogens is 286 g/mol. The minimum atomic E-state index is -0.165. The van der Waals surface area contributed by atoms with E-state index in [0.29, 0.717) is 6.61 Å². The van der Waals surface area contributed by atoms with Gasteiger partial charge < -0.3 is 10.1 Å². The van der Waals surface area contributed by atoms with E-state index in [1.165, 1.54) is 18.6 Å². The smallest absolute Gasteiger partial charge is 0.226 e. The summed E-state index contributed by atoms with van der Waals surface area (Å²) in [7, 11) is 1.89. The van der Waals surface area contributed by atoms with Crippen LogP contribution >= 0.6 is 11.8 Å². The molecule has 2 saturated heterocycles. The second-order valence-corrected chi connectivity index (χ2v) is 7.87. The third-order valence-corrected chi connectivity index (χ3v) is 6.05. The van der Waals surface area contributed by atoms with Gasteiger partial charge in [0, 0.05) is 31.1 Å². The Labute approximate surface area is 129 Å². The van der Waals surface area contributed by atoms with E-state index < -0.39 is 0 Å². The van der Waals surface area contributed by atoms with Crippen molar-refractivity contribution in [3.63, 3.8) is 0 Å². The van der Waals surface area contributed by atoms with Crippen molar-refractivity contribution in [2.45, 2.75) is 37.0 Å². The van der Waals surface area contributed by atoms with E-state index in [9.17, 15) is 4.79 Å². The molecule has 116 valence electrons. The number of aryl methyl sites for hydroxylation is 1. The van der Waals surface area contributed by atoms with Crippen LogP contribution in [0.2, 0.25) is 0 Å². The van der Waals surface area contributed by atoms with Crippen molar-refractivity contribution in [1.82, 2.24) is 15.1 Å². The standard InChI is InChI=1S/C15H23N3O2S/c1-15(6-3-9-21-15)10-16-14(19)11-5-8-20-13(11)12-4-7-17-18(12)2/h4,7,11,13H,3,5-6,8-10H2,1-2H3,(H,16,19)/t11-,13-,15+/m1/s1. The summed E-state index contributed by atoms with van der Waals surface area (Å²) in [5, 5.41) is 7.33. The van der Waals surface area contributed by atoms with Gasteiger partial charge >= 0.3 is 0 Å². The molecule has 2 aliphatic heterocycles. The topological polar surface area (TPSA) is 56.2 Å². The van der Waals surface area contributed by atoms with Crippen molar-refractivity contribution >= 4 is 17.7 Å². The van der Waals surface area contributed by atoms with E-state index in [1.54, 1.807) is 10.9 Å². The Morgan fingerprint density at radius 1 is 1.67 bits per heavy atom. The van der Waals surface area contributed by atoms with Crippen LogP contribution in [0.1, 0.15) is 38.0 Å². The quantitative estimate of drug-likeness (QED) is 0.923. The summed E-state index contributed by atoms with van der Waals surface area (Å²) >= 11 is 1.97. The maximum absolute atomic E-state index is 12.5. The number of rotatable bonds is 4. The molecule has 5 nitrogen and oxygen atoms in total. The SMILES string of the molecule is Cn1nccc1[C@@H]1OCC[C@H]1C(=O)NC[C@]1(C)CCCS1. The molecule has 0 bridgehead atoms. The minimum absolute atomic E-state index is 0.101. The van der Waals surface area contributed by atoms with Gasteiger partial charge in [0.15, 0.2) is 0 Å². The fourth-order valence-corrected chi connectivity index (χ4v) is 4.44. The van der Waals surface area contributed by atoms with E-state index in [2.05, 4.69) is 17.3 Å². The van der Waals surface area contributed by atoms with Crippen LogP contribution in [0.5, 0.6) is 0 Å². The Morgan fingerprint density at radius 2 is 2.52 bits per heavy atom. The Bertz CT molecular complexity index is 511. The van der Waals surface area contributed by atoms with E-state index in [1.807, 2.05) is 24.9 Å². The number of ether oxygens (including phenoxy) is 1. The van der Waals surface area contributed by atoms with Gasteiger partial charge in [0.2, 0.25) is 5.91 Å². The lowest BCUT2D eigenvalue weighted by Gasteiger charge is -2.25. The molecule has 0 spiro atoms. The molecule has 1 aromatic rings. The van der Waals surface area contributed by atoms with E-state index >= 15 is 0 Å². The summed E-state index contributed by atoms with van der Waals surface area (Å²) in [5.41, 5.74) is 0.981. The molecule has 3 heterocycles. The lowest BCUT2D eigenvalue weighted by molar-refractivity contribution is -0.127. The predicted molar refractivity (Wildman–Crippen MR) is 83.1 cm³/mol. The van der Waals surface area contributed by atoms with Gasteiger partial charge in [-0.15, -0.1) is 0 Å². The third kappa shape index (κ3) is 3.11. The Hall–Kier alpha value is -1.01. The van der Waals surface area contributed by atoms with E-state index in [-0.39, 0.29) is 22.7 Å². The molecular formula is C15H23N3O2S. The molecule has 2 aliphatic rings. The van der Waals surface area contributed by atoms with Crippen molar-refractivity contribution in [3.05, 3.63) is 18.0 Å². The molecule has 1 N–H and O–H groups in total. The van der Waals surface area contributed by atoms with Gasteiger partial charge in [0.25, 0.3) is 0 Å². The van der Waals surface area contributed by atoms with Crippen molar-refractivity contribution in [1.29, 1.82) is 0 Å². The van der Waals surface area contributed by atoms with Gasteiger partial charge in [-0.1, -0.05) is 0 Å². The number of hydrogen-bond donors (Lipinski definition) is 1. The number of thioether (sulfide) groups is 1. The number of hydrogen-bond acceptors (Lipinski definition) is 4.